The molecule has 2 saturated carbocycles. The van der Waals surface area contributed by atoms with Gasteiger partial charge in [0.2, 0.25) is 0 Å². The van der Waals surface area contributed by atoms with Crippen molar-refractivity contribution in [1.82, 2.24) is 0 Å². The van der Waals surface area contributed by atoms with Crippen LogP contribution in [-0.2, 0) is 20.7 Å². The average molecular weight is 837 g/mol. The Morgan fingerprint density at radius 3 is 1.77 bits per heavy atom. The van der Waals surface area contributed by atoms with Crippen LogP contribution in [0.1, 0.15) is 164 Å². The summed E-state index contributed by atoms with van der Waals surface area (Å²) in [7, 11) is 0. The molecular weight excluding hydrogens is 761 g/mol. The molecule has 1 aromatic carbocycles. The molecule has 5 atom stereocenters. The zero-order valence-corrected chi connectivity index (χ0v) is 40.1. The van der Waals surface area contributed by atoms with Crippen LogP contribution in [0.15, 0.2) is 136 Å². The maximum absolute atomic E-state index is 13.3. The number of allylic oxidation sites excluding steroid dienone is 18. The Morgan fingerprint density at radius 2 is 1.21 bits per heavy atom. The average Bonchev–Trinajstić information content (AvgIpc) is 3.52. The summed E-state index contributed by atoms with van der Waals surface area (Å²) in [4.78, 5) is 26.2. The zero-order valence-electron chi connectivity index (χ0n) is 40.1. The van der Waals surface area contributed by atoms with Crippen molar-refractivity contribution in [3.05, 3.63) is 147 Å². The summed E-state index contributed by atoms with van der Waals surface area (Å²) < 4.78 is 12.1. The van der Waals surface area contributed by atoms with Crippen molar-refractivity contribution in [2.45, 2.75) is 165 Å². The molecule has 332 valence electrons. The van der Waals surface area contributed by atoms with E-state index in [0.29, 0.717) is 23.5 Å². The number of fused-ring (bicyclic) bond motifs is 5. The number of hydrogen-bond acceptors (Lipinski definition) is 4. The van der Waals surface area contributed by atoms with Gasteiger partial charge in [-0.15, -0.1) is 0 Å². The second-order valence-electron chi connectivity index (χ2n) is 21.1. The third kappa shape index (κ3) is 11.4. The Labute approximate surface area is 375 Å². The van der Waals surface area contributed by atoms with E-state index in [1.165, 1.54) is 83.1 Å². The summed E-state index contributed by atoms with van der Waals surface area (Å²) in [6, 6.07) is 6.27. The minimum atomic E-state index is -0.355. The molecule has 6 rings (SSSR count). The van der Waals surface area contributed by atoms with Crippen LogP contribution in [0.2, 0.25) is 0 Å². The van der Waals surface area contributed by atoms with Crippen molar-refractivity contribution in [3.63, 3.8) is 0 Å². The molecule has 2 fully saturated rings. The van der Waals surface area contributed by atoms with E-state index < -0.39 is 0 Å². The van der Waals surface area contributed by atoms with Crippen LogP contribution in [0, 0.1) is 28.1 Å². The lowest BCUT2D eigenvalue weighted by Gasteiger charge is -2.50. The van der Waals surface area contributed by atoms with Gasteiger partial charge in [0.25, 0.3) is 0 Å². The van der Waals surface area contributed by atoms with Gasteiger partial charge in [0.05, 0.1) is 0 Å². The fourth-order valence-electron chi connectivity index (χ4n) is 11.8. The fourth-order valence-corrected chi connectivity index (χ4v) is 11.8. The third-order valence-electron chi connectivity index (χ3n) is 15.3. The molecule has 0 aliphatic heterocycles. The Kier molecular flexibility index (Phi) is 15.1. The number of hydrogen-bond donors (Lipinski definition) is 0. The van der Waals surface area contributed by atoms with Gasteiger partial charge < -0.3 is 9.47 Å². The van der Waals surface area contributed by atoms with Gasteiger partial charge in [-0.3, -0.25) is 0 Å². The lowest BCUT2D eigenvalue weighted by Crippen LogP contribution is -2.45. The third-order valence-corrected chi connectivity index (χ3v) is 15.3. The Morgan fingerprint density at radius 1 is 0.645 bits per heavy atom. The molecule has 4 nitrogen and oxygen atoms in total. The van der Waals surface area contributed by atoms with Crippen LogP contribution in [0.5, 0.6) is 5.75 Å². The maximum Gasteiger partial charge on any atom is 0.336 e. The molecule has 1 aromatic rings. The normalized spacial score (nSPS) is 28.2. The second-order valence-corrected chi connectivity index (χ2v) is 21.1. The van der Waals surface area contributed by atoms with Crippen molar-refractivity contribution < 1.29 is 19.1 Å². The first kappa shape index (κ1) is 47.0. The van der Waals surface area contributed by atoms with Crippen molar-refractivity contribution >= 4 is 11.9 Å². The topological polar surface area (TPSA) is 52.6 Å². The maximum atomic E-state index is 13.3. The summed E-state index contributed by atoms with van der Waals surface area (Å²) in [5, 5.41) is 0. The van der Waals surface area contributed by atoms with Gasteiger partial charge in [-0.25, -0.2) is 9.59 Å². The first-order valence-electron chi connectivity index (χ1n) is 23.7. The molecule has 4 heteroatoms. The summed E-state index contributed by atoms with van der Waals surface area (Å²) in [5.74, 6) is 1.60. The van der Waals surface area contributed by atoms with Crippen LogP contribution < -0.4 is 4.74 Å². The van der Waals surface area contributed by atoms with Crippen LogP contribution in [0.4, 0.5) is 0 Å². The van der Waals surface area contributed by atoms with Crippen molar-refractivity contribution in [1.29, 1.82) is 0 Å². The number of esters is 2. The van der Waals surface area contributed by atoms with Gasteiger partial charge in [0.15, 0.2) is 0 Å². The highest BCUT2D eigenvalue weighted by Crippen LogP contribution is 2.61. The monoisotopic (exact) mass is 837 g/mol. The van der Waals surface area contributed by atoms with Gasteiger partial charge in [-0.05, 0) is 193 Å². The second kappa shape index (κ2) is 19.9. The highest BCUT2D eigenvalue weighted by atomic mass is 16.5. The molecule has 5 aliphatic carbocycles. The number of carbonyl (C=O) groups excluding carboxylic acids is 2. The number of carbonyl (C=O) groups is 2. The standard InChI is InChI=1S/C58H76O4/c1-39(22-28-50-43(5)20-14-33-56(50,7)8)16-12-18-41(3)36-54(59)61-46-25-27-47-45(38-46)24-26-49-48(47)32-35-58(11)52(49)30-31-53(58)62-55(60)37-42(4)19-13-17-40(2)23-29-51-44(6)21-15-34-57(51,9)10/h12-13,16-19,22-23,25,27-29,36-38,48-49,52-53H,14-15,20-21,24,26,30-35H2,1-11H3/t48-,49-,52+,53+,58+/m1/s1. The zero-order chi connectivity index (χ0) is 44.8. The molecule has 0 radical (unpaired) electrons. The van der Waals surface area contributed by atoms with Gasteiger partial charge in [0, 0.05) is 17.6 Å². The van der Waals surface area contributed by atoms with Gasteiger partial charge >= 0.3 is 11.9 Å². The van der Waals surface area contributed by atoms with E-state index in [2.05, 4.69) is 111 Å². The minimum absolute atomic E-state index is 0.0127. The molecule has 0 N–H and O–H groups in total. The predicted octanol–water partition coefficient (Wildman–Crippen LogP) is 15.4. The molecule has 0 saturated heterocycles. The smallest absolute Gasteiger partial charge is 0.336 e. The molecule has 5 aliphatic rings. The van der Waals surface area contributed by atoms with Crippen molar-refractivity contribution in [3.8, 4) is 5.75 Å². The number of aryl methyl sites for hydroxylation is 1. The lowest BCUT2D eigenvalue weighted by atomic mass is 9.55. The summed E-state index contributed by atoms with van der Waals surface area (Å²) in [5.41, 5.74) is 13.2. The SMILES string of the molecule is CC(C=CC1=C(C)CCCC1(C)C)=CC=CC(C)=CC(=O)Oc1ccc2c(c1)CC[C@@H]1[C@@H]2CC[C@]2(C)[C@@H](OC(=O)C=C(C)C=CC=C(C)C=CC3=C(C)CCCC3(C)C)CC[C@@H]12. The van der Waals surface area contributed by atoms with E-state index in [0.717, 1.165) is 49.7 Å². The van der Waals surface area contributed by atoms with E-state index in [9.17, 15) is 9.59 Å². The van der Waals surface area contributed by atoms with E-state index in [4.69, 9.17) is 9.47 Å². The molecule has 62 heavy (non-hydrogen) atoms. The van der Waals surface area contributed by atoms with Gasteiger partial charge in [-0.2, -0.15) is 0 Å². The Balaban J connectivity index is 0.999. The van der Waals surface area contributed by atoms with E-state index in [1.807, 2.05) is 44.2 Å². The van der Waals surface area contributed by atoms with E-state index >= 15 is 0 Å². The van der Waals surface area contributed by atoms with Crippen LogP contribution >= 0.6 is 0 Å². The molecule has 0 spiro atoms. The van der Waals surface area contributed by atoms with Gasteiger partial charge in [-0.1, -0.05) is 124 Å². The van der Waals surface area contributed by atoms with Gasteiger partial charge in [0.1, 0.15) is 11.9 Å². The minimum Gasteiger partial charge on any atom is -0.459 e. The Bertz CT molecular complexity index is 2180. The van der Waals surface area contributed by atoms with Crippen molar-refractivity contribution in [2.75, 3.05) is 0 Å². The molecule has 0 bridgehead atoms. The van der Waals surface area contributed by atoms with E-state index in [-0.39, 0.29) is 34.3 Å². The summed E-state index contributed by atoms with van der Waals surface area (Å²) in [6.07, 6.45) is 37.9. The predicted molar refractivity (Wildman–Crippen MR) is 259 cm³/mol. The highest BCUT2D eigenvalue weighted by molar-refractivity contribution is 5.85. The van der Waals surface area contributed by atoms with Crippen molar-refractivity contribution in [2.24, 2.45) is 28.1 Å². The molecule has 0 aromatic heterocycles. The van der Waals surface area contributed by atoms with Crippen LogP contribution in [0.25, 0.3) is 0 Å². The fraction of sp³-hybridized carbons (Fsp3) is 0.517. The number of benzene rings is 1. The van der Waals surface area contributed by atoms with Crippen LogP contribution in [0.3, 0.4) is 0 Å². The Hall–Kier alpha value is -4.44. The number of ether oxygens (including phenoxy) is 2. The quantitative estimate of drug-likeness (QED) is 0.0911. The molecule has 0 heterocycles. The van der Waals surface area contributed by atoms with E-state index in [1.54, 1.807) is 12.2 Å². The lowest BCUT2D eigenvalue weighted by molar-refractivity contribution is -0.151. The first-order chi connectivity index (χ1) is 29.4. The summed E-state index contributed by atoms with van der Waals surface area (Å²) >= 11 is 0. The molecular formula is C58H76O4. The molecule has 0 amide bonds. The van der Waals surface area contributed by atoms with Crippen LogP contribution in [-0.4, -0.2) is 18.0 Å². The first-order valence-corrected chi connectivity index (χ1v) is 23.7. The molecule has 0 unspecified atom stereocenters. The number of rotatable bonds is 12. The highest BCUT2D eigenvalue weighted by Gasteiger charge is 2.56. The summed E-state index contributed by atoms with van der Waals surface area (Å²) in [6.45, 7) is 24.4. The largest absolute Gasteiger partial charge is 0.459 e.